The molecule has 1 N–H and O–H groups in total. The van der Waals surface area contributed by atoms with Crippen molar-refractivity contribution >= 4 is 22.7 Å². The minimum Gasteiger partial charge on any atom is -0.435 e. The second-order valence-corrected chi connectivity index (χ2v) is 6.86. The van der Waals surface area contributed by atoms with Crippen molar-refractivity contribution in [2.24, 2.45) is 24.0 Å². The molecular formula is C20H22N4O2. The summed E-state index contributed by atoms with van der Waals surface area (Å²) in [7, 11) is 1.96. The topological polar surface area (TPSA) is 72.4 Å². The summed E-state index contributed by atoms with van der Waals surface area (Å²) in [6.07, 6.45) is 3.79. The van der Waals surface area contributed by atoms with Crippen molar-refractivity contribution in [3.05, 3.63) is 42.1 Å². The molecule has 0 spiro atoms. The van der Waals surface area contributed by atoms with Crippen molar-refractivity contribution in [1.82, 2.24) is 15.0 Å². The van der Waals surface area contributed by atoms with E-state index in [4.69, 9.17) is 4.42 Å². The van der Waals surface area contributed by atoms with Crippen LogP contribution in [-0.4, -0.2) is 21.2 Å². The Labute approximate surface area is 151 Å². The van der Waals surface area contributed by atoms with Crippen LogP contribution >= 0.6 is 0 Å². The molecular weight excluding hydrogens is 328 g/mol. The highest BCUT2D eigenvalue weighted by Crippen LogP contribution is 2.29. The van der Waals surface area contributed by atoms with Crippen molar-refractivity contribution < 1.29 is 9.21 Å². The molecule has 0 saturated carbocycles. The fourth-order valence-electron chi connectivity index (χ4n) is 3.61. The predicted molar refractivity (Wildman–Crippen MR) is 101 cm³/mol. The molecule has 1 amide bonds. The molecule has 0 fully saturated rings. The molecule has 26 heavy (non-hydrogen) atoms. The third-order valence-corrected chi connectivity index (χ3v) is 5.10. The van der Waals surface area contributed by atoms with Crippen LogP contribution < -0.4 is 5.43 Å². The number of nitrogens with one attached hydrogen (secondary N) is 1. The number of hydrazone groups is 1. The maximum atomic E-state index is 12.1. The molecule has 4 rings (SSSR count). The lowest BCUT2D eigenvalue weighted by Gasteiger charge is -2.27. The minimum absolute atomic E-state index is 0.00911. The molecule has 6 heteroatoms. The van der Waals surface area contributed by atoms with Gasteiger partial charge in [0.15, 0.2) is 5.58 Å². The Morgan fingerprint density at radius 3 is 2.88 bits per heavy atom. The van der Waals surface area contributed by atoms with E-state index in [-0.39, 0.29) is 17.7 Å². The van der Waals surface area contributed by atoms with E-state index in [1.54, 1.807) is 0 Å². The van der Waals surface area contributed by atoms with Gasteiger partial charge in [-0.3, -0.25) is 4.79 Å². The Balaban J connectivity index is 1.71. The normalized spacial score (nSPS) is 20.3. The van der Waals surface area contributed by atoms with E-state index in [0.717, 1.165) is 40.9 Å². The molecule has 2 aromatic heterocycles. The summed E-state index contributed by atoms with van der Waals surface area (Å²) in [6, 6.07) is 9.84. The second kappa shape index (κ2) is 6.44. The second-order valence-electron chi connectivity index (χ2n) is 6.86. The average molecular weight is 350 g/mol. The molecule has 0 aliphatic carbocycles. The van der Waals surface area contributed by atoms with Crippen LogP contribution in [0, 0.1) is 11.8 Å². The van der Waals surface area contributed by atoms with Gasteiger partial charge in [-0.2, -0.15) is 5.10 Å². The van der Waals surface area contributed by atoms with E-state index < -0.39 is 0 Å². The lowest BCUT2D eigenvalue weighted by atomic mass is 9.82. The lowest BCUT2D eigenvalue weighted by Crippen LogP contribution is -2.40. The predicted octanol–water partition coefficient (Wildman–Crippen LogP) is 3.72. The van der Waals surface area contributed by atoms with Crippen LogP contribution in [0.3, 0.4) is 0 Å². The number of nitrogens with zero attached hydrogens (tertiary/aromatic N) is 3. The van der Waals surface area contributed by atoms with Gasteiger partial charge in [-0.05, 0) is 30.7 Å². The zero-order valence-electron chi connectivity index (χ0n) is 15.2. The largest absolute Gasteiger partial charge is 0.435 e. The molecule has 1 aliphatic rings. The fourth-order valence-corrected chi connectivity index (χ4v) is 3.61. The molecule has 134 valence electrons. The number of aryl methyl sites for hydroxylation is 1. The molecule has 1 aromatic carbocycles. The molecule has 2 atom stereocenters. The van der Waals surface area contributed by atoms with Crippen LogP contribution in [0.15, 0.2) is 46.0 Å². The molecule has 3 aromatic rings. The van der Waals surface area contributed by atoms with Crippen molar-refractivity contribution in [2.75, 3.05) is 0 Å². The highest BCUT2D eigenvalue weighted by Gasteiger charge is 2.32. The highest BCUT2D eigenvalue weighted by atomic mass is 16.3. The number of hydrogen-bond acceptors (Lipinski definition) is 4. The number of amides is 1. The van der Waals surface area contributed by atoms with E-state index in [2.05, 4.69) is 29.4 Å². The first-order chi connectivity index (χ1) is 12.6. The van der Waals surface area contributed by atoms with E-state index in [1.165, 1.54) is 0 Å². The maximum absolute atomic E-state index is 12.1. The molecule has 2 unspecified atom stereocenters. The zero-order valence-corrected chi connectivity index (χ0v) is 15.2. The van der Waals surface area contributed by atoms with Gasteiger partial charge in [-0.25, -0.2) is 10.4 Å². The Hall–Kier alpha value is -2.89. The average Bonchev–Trinajstić information content (AvgIpc) is 3.23. The number of benzene rings is 1. The molecule has 0 saturated heterocycles. The van der Waals surface area contributed by atoms with E-state index in [1.807, 2.05) is 48.1 Å². The quantitative estimate of drug-likeness (QED) is 0.779. The number of fused-ring (bicyclic) bond motifs is 1. The maximum Gasteiger partial charge on any atom is 0.244 e. The summed E-state index contributed by atoms with van der Waals surface area (Å²) in [5, 5.41) is 4.32. The first kappa shape index (κ1) is 16.6. The first-order valence-corrected chi connectivity index (χ1v) is 8.98. The van der Waals surface area contributed by atoms with Crippen LogP contribution in [-0.2, 0) is 11.8 Å². The summed E-state index contributed by atoms with van der Waals surface area (Å²) in [5.74, 6) is 0.628. The van der Waals surface area contributed by atoms with Crippen molar-refractivity contribution in [2.45, 2.75) is 26.7 Å². The monoisotopic (exact) mass is 350 g/mol. The zero-order chi connectivity index (χ0) is 18.3. The standard InChI is InChI=1S/C20H22N4O2/c1-4-6-14-12(2)18(22-23-19(14)25)13-8-9-15-17(11-13)26-20(21-15)16-7-5-10-24(16)3/h5,7-12,14H,4,6H2,1-3H3,(H,23,25). The summed E-state index contributed by atoms with van der Waals surface area (Å²) in [5.41, 5.74) is 6.99. The first-order valence-electron chi connectivity index (χ1n) is 8.98. The van der Waals surface area contributed by atoms with Gasteiger partial charge in [-0.15, -0.1) is 0 Å². The van der Waals surface area contributed by atoms with Gasteiger partial charge in [0.05, 0.1) is 5.71 Å². The number of carbonyl (C=O) groups excluding carboxylic acids is 1. The van der Waals surface area contributed by atoms with E-state index in [0.29, 0.717) is 5.89 Å². The van der Waals surface area contributed by atoms with E-state index in [9.17, 15) is 4.79 Å². The molecule has 0 radical (unpaired) electrons. The smallest absolute Gasteiger partial charge is 0.244 e. The third-order valence-electron chi connectivity index (χ3n) is 5.10. The van der Waals surface area contributed by atoms with Crippen LogP contribution in [0.4, 0.5) is 0 Å². The molecule has 6 nitrogen and oxygen atoms in total. The van der Waals surface area contributed by atoms with Crippen LogP contribution in [0.2, 0.25) is 0 Å². The fraction of sp³-hybridized carbons (Fsp3) is 0.350. The number of rotatable bonds is 4. The van der Waals surface area contributed by atoms with Gasteiger partial charge in [0.1, 0.15) is 11.2 Å². The summed E-state index contributed by atoms with van der Waals surface area (Å²) < 4.78 is 7.96. The van der Waals surface area contributed by atoms with Gasteiger partial charge in [0.2, 0.25) is 11.8 Å². The SMILES string of the molecule is CCCC1C(=O)NN=C(c2ccc3nc(-c4cccn4C)oc3c2)C1C. The van der Waals surface area contributed by atoms with Crippen molar-refractivity contribution in [1.29, 1.82) is 0 Å². The lowest BCUT2D eigenvalue weighted by molar-refractivity contribution is -0.126. The van der Waals surface area contributed by atoms with Crippen LogP contribution in [0.1, 0.15) is 32.3 Å². The molecule has 1 aliphatic heterocycles. The number of aromatic nitrogens is 2. The van der Waals surface area contributed by atoms with Crippen LogP contribution in [0.5, 0.6) is 0 Å². The van der Waals surface area contributed by atoms with Gasteiger partial charge < -0.3 is 8.98 Å². The van der Waals surface area contributed by atoms with Crippen molar-refractivity contribution in [3.63, 3.8) is 0 Å². The van der Waals surface area contributed by atoms with Gasteiger partial charge in [0, 0.05) is 30.6 Å². The molecule has 0 bridgehead atoms. The van der Waals surface area contributed by atoms with Gasteiger partial charge in [-0.1, -0.05) is 26.3 Å². The molecule has 3 heterocycles. The Kier molecular flexibility index (Phi) is 4.11. The number of hydrogen-bond donors (Lipinski definition) is 1. The van der Waals surface area contributed by atoms with Crippen molar-refractivity contribution in [3.8, 4) is 11.6 Å². The minimum atomic E-state index is -0.0446. The number of oxazole rings is 1. The summed E-state index contributed by atoms with van der Waals surface area (Å²) in [4.78, 5) is 16.7. The summed E-state index contributed by atoms with van der Waals surface area (Å²) >= 11 is 0. The third kappa shape index (κ3) is 2.71. The van der Waals surface area contributed by atoms with Crippen LogP contribution in [0.25, 0.3) is 22.7 Å². The van der Waals surface area contributed by atoms with Gasteiger partial charge in [0.25, 0.3) is 0 Å². The Bertz CT molecular complexity index is 998. The Morgan fingerprint density at radius 1 is 1.31 bits per heavy atom. The van der Waals surface area contributed by atoms with E-state index >= 15 is 0 Å². The highest BCUT2D eigenvalue weighted by molar-refractivity contribution is 6.07. The Morgan fingerprint density at radius 2 is 2.15 bits per heavy atom. The number of carbonyl (C=O) groups is 1. The summed E-state index contributed by atoms with van der Waals surface area (Å²) in [6.45, 7) is 4.16. The van der Waals surface area contributed by atoms with Gasteiger partial charge >= 0.3 is 0 Å².